The third-order valence-corrected chi connectivity index (χ3v) is 5.72. The van der Waals surface area contributed by atoms with E-state index in [1.165, 1.54) is 0 Å². The lowest BCUT2D eigenvalue weighted by Crippen LogP contribution is -2.32. The number of nitrogens with zero attached hydrogens (tertiary/aromatic N) is 2. The number of benzene rings is 3. The van der Waals surface area contributed by atoms with Crippen LogP contribution in [0.15, 0.2) is 97.3 Å². The Kier molecular flexibility index (Phi) is 5.70. The van der Waals surface area contributed by atoms with E-state index in [1.807, 2.05) is 79.7 Å². The highest BCUT2D eigenvalue weighted by molar-refractivity contribution is 6.17. The Hall–Kier alpha value is -4.58. The number of para-hydroxylation sites is 2. The van der Waals surface area contributed by atoms with E-state index in [9.17, 15) is 9.59 Å². The van der Waals surface area contributed by atoms with Crippen molar-refractivity contribution in [3.63, 3.8) is 0 Å². The van der Waals surface area contributed by atoms with E-state index >= 15 is 0 Å². The summed E-state index contributed by atoms with van der Waals surface area (Å²) in [6, 6.07) is 26.1. The van der Waals surface area contributed by atoms with Crippen molar-refractivity contribution in [1.29, 1.82) is 0 Å². The average molecular weight is 447 g/mol. The first kappa shape index (κ1) is 21.3. The van der Waals surface area contributed by atoms with Crippen LogP contribution in [0, 0.1) is 6.92 Å². The number of rotatable bonds is 5. The fraction of sp³-hybridized carbons (Fsp3) is 0.0714. The molecule has 0 aliphatic rings. The molecule has 0 saturated heterocycles. The molecular weight excluding hydrogens is 424 g/mol. The molecule has 6 heteroatoms. The van der Waals surface area contributed by atoms with Crippen LogP contribution in [0.4, 0.5) is 11.4 Å². The largest absolute Gasteiger partial charge is 0.323 e. The maximum absolute atomic E-state index is 13.5. The van der Waals surface area contributed by atoms with Crippen molar-refractivity contribution in [2.45, 2.75) is 12.8 Å². The van der Waals surface area contributed by atoms with Gasteiger partial charge in [0.25, 0.3) is 0 Å². The van der Waals surface area contributed by atoms with Crippen molar-refractivity contribution in [1.82, 2.24) is 9.97 Å². The summed E-state index contributed by atoms with van der Waals surface area (Å²) in [6.07, 6.45) is 3.35. The van der Waals surface area contributed by atoms with E-state index in [-0.39, 0.29) is 0 Å². The van der Waals surface area contributed by atoms with Gasteiger partial charge in [0.1, 0.15) is 5.92 Å². The number of carbonyl (C=O) groups excluding carboxylic acids is 2. The van der Waals surface area contributed by atoms with Gasteiger partial charge in [0.2, 0.25) is 11.8 Å². The Labute approximate surface area is 196 Å². The van der Waals surface area contributed by atoms with Crippen molar-refractivity contribution in [2.24, 2.45) is 0 Å². The molecule has 3 aromatic carbocycles. The van der Waals surface area contributed by atoms with Gasteiger partial charge in [0.15, 0.2) is 0 Å². The zero-order valence-electron chi connectivity index (χ0n) is 18.5. The molecule has 0 saturated carbocycles. The number of hydrogen-bond donors (Lipinski definition) is 2. The lowest BCUT2D eigenvalue weighted by atomic mass is 9.95. The summed E-state index contributed by atoms with van der Waals surface area (Å²) in [6.45, 7) is 1.96. The summed E-state index contributed by atoms with van der Waals surface area (Å²) >= 11 is 0. The van der Waals surface area contributed by atoms with Gasteiger partial charge in [-0.15, -0.1) is 0 Å². The van der Waals surface area contributed by atoms with Gasteiger partial charge in [0, 0.05) is 23.2 Å². The van der Waals surface area contributed by atoms with Crippen molar-refractivity contribution in [3.8, 4) is 0 Å². The molecule has 34 heavy (non-hydrogen) atoms. The summed E-state index contributed by atoms with van der Waals surface area (Å²) in [5, 5.41) is 7.65. The van der Waals surface area contributed by atoms with Crippen LogP contribution < -0.4 is 10.6 Å². The standard InChI is InChI=1S/C28H22N4O2/c1-18-12-14-19(15-13-18)24(27(33)31-22-10-2-6-20-8-4-16-29-25(20)22)28(34)32-23-11-3-7-21-9-5-17-30-26(21)23/h2-17,24H,1H3,(H,31,33)(H,32,34). The summed E-state index contributed by atoms with van der Waals surface area (Å²) in [5.74, 6) is -1.95. The fourth-order valence-electron chi connectivity index (χ4n) is 4.00. The predicted molar refractivity (Wildman–Crippen MR) is 135 cm³/mol. The minimum absolute atomic E-state index is 0.437. The summed E-state index contributed by atoms with van der Waals surface area (Å²) < 4.78 is 0. The number of aromatic nitrogens is 2. The first-order valence-electron chi connectivity index (χ1n) is 11.0. The predicted octanol–water partition coefficient (Wildman–Crippen LogP) is 5.45. The third-order valence-electron chi connectivity index (χ3n) is 5.72. The molecule has 2 aromatic heterocycles. The molecular formula is C28H22N4O2. The van der Waals surface area contributed by atoms with E-state index in [1.54, 1.807) is 24.5 Å². The van der Waals surface area contributed by atoms with Gasteiger partial charge >= 0.3 is 0 Å². The first-order valence-corrected chi connectivity index (χ1v) is 11.0. The Morgan fingerprint density at radius 1 is 0.647 bits per heavy atom. The number of aryl methyl sites for hydroxylation is 1. The molecule has 6 nitrogen and oxygen atoms in total. The lowest BCUT2D eigenvalue weighted by Gasteiger charge is -2.18. The normalized spacial score (nSPS) is 11.0. The Balaban J connectivity index is 1.50. The van der Waals surface area contributed by atoms with Crippen LogP contribution in [0.1, 0.15) is 17.0 Å². The topological polar surface area (TPSA) is 84.0 Å². The number of nitrogens with one attached hydrogen (secondary N) is 2. The molecule has 0 radical (unpaired) electrons. The van der Waals surface area contributed by atoms with Crippen LogP contribution in [0.2, 0.25) is 0 Å². The molecule has 166 valence electrons. The van der Waals surface area contributed by atoms with E-state index < -0.39 is 17.7 Å². The third kappa shape index (κ3) is 4.21. The summed E-state index contributed by atoms with van der Waals surface area (Å²) in [4.78, 5) is 35.8. The quantitative estimate of drug-likeness (QED) is 0.352. The highest BCUT2D eigenvalue weighted by Gasteiger charge is 2.29. The zero-order valence-corrected chi connectivity index (χ0v) is 18.5. The lowest BCUT2D eigenvalue weighted by molar-refractivity contribution is -0.125. The molecule has 2 amide bonds. The van der Waals surface area contributed by atoms with Crippen LogP contribution in [-0.2, 0) is 9.59 Å². The second kappa shape index (κ2) is 9.11. The molecule has 2 N–H and O–H groups in total. The Bertz CT molecular complexity index is 1410. The Morgan fingerprint density at radius 2 is 1.12 bits per heavy atom. The van der Waals surface area contributed by atoms with Gasteiger partial charge in [-0.3, -0.25) is 19.6 Å². The molecule has 5 aromatic rings. The van der Waals surface area contributed by atoms with Gasteiger partial charge in [0.05, 0.1) is 22.4 Å². The SMILES string of the molecule is Cc1ccc(C(C(=O)Nc2cccc3cccnc23)C(=O)Nc2cccc3cccnc23)cc1. The number of pyridine rings is 2. The minimum Gasteiger partial charge on any atom is -0.323 e. The second-order valence-electron chi connectivity index (χ2n) is 8.08. The number of hydrogen-bond acceptors (Lipinski definition) is 4. The average Bonchev–Trinajstić information content (AvgIpc) is 2.86. The highest BCUT2D eigenvalue weighted by atomic mass is 16.2. The van der Waals surface area contributed by atoms with Crippen LogP contribution in [-0.4, -0.2) is 21.8 Å². The molecule has 0 unspecified atom stereocenters. The van der Waals surface area contributed by atoms with Crippen LogP contribution in [0.25, 0.3) is 21.8 Å². The number of carbonyl (C=O) groups is 2. The second-order valence-corrected chi connectivity index (χ2v) is 8.08. The van der Waals surface area contributed by atoms with Crippen LogP contribution >= 0.6 is 0 Å². The monoisotopic (exact) mass is 446 g/mol. The van der Waals surface area contributed by atoms with Gasteiger partial charge in [-0.2, -0.15) is 0 Å². The van der Waals surface area contributed by atoms with Gasteiger partial charge in [-0.25, -0.2) is 0 Å². The van der Waals surface area contributed by atoms with Crippen molar-refractivity contribution < 1.29 is 9.59 Å². The van der Waals surface area contributed by atoms with Gasteiger partial charge < -0.3 is 10.6 Å². The van der Waals surface area contributed by atoms with Crippen LogP contribution in [0.5, 0.6) is 0 Å². The molecule has 0 fully saturated rings. The maximum Gasteiger partial charge on any atom is 0.241 e. The van der Waals surface area contributed by atoms with E-state index in [2.05, 4.69) is 20.6 Å². The van der Waals surface area contributed by atoms with Crippen molar-refractivity contribution in [2.75, 3.05) is 10.6 Å². The van der Waals surface area contributed by atoms with E-state index in [0.29, 0.717) is 28.0 Å². The van der Waals surface area contributed by atoms with Crippen LogP contribution in [0.3, 0.4) is 0 Å². The molecule has 0 bridgehead atoms. The fourth-order valence-corrected chi connectivity index (χ4v) is 4.00. The molecule has 2 heterocycles. The summed E-state index contributed by atoms with van der Waals surface area (Å²) in [5.41, 5.74) is 4.08. The highest BCUT2D eigenvalue weighted by Crippen LogP contribution is 2.27. The number of anilines is 2. The molecule has 0 aliphatic heterocycles. The molecule has 0 atom stereocenters. The van der Waals surface area contributed by atoms with Gasteiger partial charge in [-0.1, -0.05) is 66.2 Å². The molecule has 0 spiro atoms. The minimum atomic E-state index is -1.07. The van der Waals surface area contributed by atoms with Gasteiger partial charge in [-0.05, 0) is 36.8 Å². The molecule has 0 aliphatic carbocycles. The van der Waals surface area contributed by atoms with E-state index in [0.717, 1.165) is 16.3 Å². The molecule has 5 rings (SSSR count). The Morgan fingerprint density at radius 3 is 1.62 bits per heavy atom. The zero-order chi connectivity index (χ0) is 23.5. The van der Waals surface area contributed by atoms with Crippen molar-refractivity contribution in [3.05, 3.63) is 108 Å². The van der Waals surface area contributed by atoms with Crippen molar-refractivity contribution >= 4 is 45.0 Å². The smallest absolute Gasteiger partial charge is 0.241 e. The van der Waals surface area contributed by atoms with E-state index in [4.69, 9.17) is 0 Å². The first-order chi connectivity index (χ1) is 16.6. The number of amides is 2. The maximum atomic E-state index is 13.5. The summed E-state index contributed by atoms with van der Waals surface area (Å²) in [7, 11) is 0. The number of fused-ring (bicyclic) bond motifs is 2.